The van der Waals surface area contributed by atoms with Gasteiger partial charge in [-0.1, -0.05) is 33.6 Å². The van der Waals surface area contributed by atoms with Gasteiger partial charge in [0.25, 0.3) is 0 Å². The van der Waals surface area contributed by atoms with E-state index in [1.807, 2.05) is 6.07 Å². The van der Waals surface area contributed by atoms with E-state index in [4.69, 9.17) is 5.73 Å². The summed E-state index contributed by atoms with van der Waals surface area (Å²) in [6.07, 6.45) is 7.03. The molecule has 0 aromatic carbocycles. The molecule has 0 amide bonds. The summed E-state index contributed by atoms with van der Waals surface area (Å²) in [7, 11) is 0. The van der Waals surface area contributed by atoms with Crippen molar-refractivity contribution in [2.75, 3.05) is 11.1 Å². The molecule has 4 nitrogen and oxygen atoms in total. The molecule has 1 unspecified atom stereocenters. The third kappa shape index (κ3) is 3.58. The standard InChI is InChI=1S/C15H26N4/c1-4-7-13-18-12(16)10-14(19-13)17-11-8-5-6-9-15(11,2)3/h10-11H,4-9H2,1-3H3,(H3,16,17,18,19). The van der Waals surface area contributed by atoms with Crippen LogP contribution in [0.2, 0.25) is 0 Å². The summed E-state index contributed by atoms with van der Waals surface area (Å²) >= 11 is 0. The van der Waals surface area contributed by atoms with Gasteiger partial charge in [0.05, 0.1) is 0 Å². The first-order valence-electron chi connectivity index (χ1n) is 7.41. The fourth-order valence-electron chi connectivity index (χ4n) is 2.87. The second-order valence-corrected chi connectivity index (χ2v) is 6.28. The minimum atomic E-state index is 0.322. The SMILES string of the molecule is CCCc1nc(N)cc(NC2CCCCC2(C)C)n1. The first-order chi connectivity index (χ1) is 9.01. The normalized spacial score (nSPS) is 22.2. The van der Waals surface area contributed by atoms with E-state index in [-0.39, 0.29) is 0 Å². The molecule has 106 valence electrons. The number of anilines is 2. The molecule has 0 aliphatic heterocycles. The van der Waals surface area contributed by atoms with Gasteiger partial charge in [-0.15, -0.1) is 0 Å². The zero-order valence-electron chi connectivity index (χ0n) is 12.4. The average Bonchev–Trinajstić information content (AvgIpc) is 2.31. The molecule has 0 spiro atoms. The fourth-order valence-corrected chi connectivity index (χ4v) is 2.87. The molecule has 1 aromatic heterocycles. The molecule has 1 atom stereocenters. The van der Waals surface area contributed by atoms with Crippen LogP contribution < -0.4 is 11.1 Å². The number of nitrogens with zero attached hydrogens (tertiary/aromatic N) is 2. The molecule has 2 rings (SSSR count). The van der Waals surface area contributed by atoms with Gasteiger partial charge in [-0.3, -0.25) is 0 Å². The van der Waals surface area contributed by atoms with Crippen LogP contribution >= 0.6 is 0 Å². The first kappa shape index (κ1) is 14.1. The molecule has 0 saturated heterocycles. The van der Waals surface area contributed by atoms with Crippen LogP contribution in [0.1, 0.15) is 58.7 Å². The monoisotopic (exact) mass is 262 g/mol. The minimum Gasteiger partial charge on any atom is -0.384 e. The zero-order chi connectivity index (χ0) is 13.9. The van der Waals surface area contributed by atoms with Crippen LogP contribution in [0.3, 0.4) is 0 Å². The van der Waals surface area contributed by atoms with Crippen molar-refractivity contribution >= 4 is 11.6 Å². The molecule has 1 heterocycles. The van der Waals surface area contributed by atoms with Crippen LogP contribution in [0.4, 0.5) is 11.6 Å². The molecule has 3 N–H and O–H groups in total. The Morgan fingerprint density at radius 2 is 2.16 bits per heavy atom. The smallest absolute Gasteiger partial charge is 0.133 e. The predicted octanol–water partition coefficient (Wildman–Crippen LogP) is 3.39. The third-order valence-electron chi connectivity index (χ3n) is 4.10. The van der Waals surface area contributed by atoms with E-state index in [0.29, 0.717) is 17.3 Å². The number of hydrogen-bond acceptors (Lipinski definition) is 4. The van der Waals surface area contributed by atoms with E-state index in [1.54, 1.807) is 0 Å². The summed E-state index contributed by atoms with van der Waals surface area (Å²) in [5, 5.41) is 3.58. The summed E-state index contributed by atoms with van der Waals surface area (Å²) in [6.45, 7) is 6.80. The molecule has 0 bridgehead atoms. The molecule has 1 fully saturated rings. The van der Waals surface area contributed by atoms with E-state index >= 15 is 0 Å². The van der Waals surface area contributed by atoms with E-state index in [1.165, 1.54) is 25.7 Å². The first-order valence-corrected chi connectivity index (χ1v) is 7.41. The second kappa shape index (κ2) is 5.76. The van der Waals surface area contributed by atoms with E-state index in [2.05, 4.69) is 36.1 Å². The topological polar surface area (TPSA) is 63.8 Å². The van der Waals surface area contributed by atoms with Crippen LogP contribution in [0.5, 0.6) is 0 Å². The quantitative estimate of drug-likeness (QED) is 0.873. The van der Waals surface area contributed by atoms with Gasteiger partial charge < -0.3 is 11.1 Å². The van der Waals surface area contributed by atoms with E-state index < -0.39 is 0 Å². The molecule has 1 aromatic rings. The Balaban J connectivity index is 2.13. The Bertz CT molecular complexity index is 428. The molecule has 0 radical (unpaired) electrons. The highest BCUT2D eigenvalue weighted by Crippen LogP contribution is 2.37. The van der Waals surface area contributed by atoms with Gasteiger partial charge in [0.15, 0.2) is 0 Å². The third-order valence-corrected chi connectivity index (χ3v) is 4.10. The Hall–Kier alpha value is -1.32. The van der Waals surface area contributed by atoms with Crippen molar-refractivity contribution in [3.8, 4) is 0 Å². The molecule has 19 heavy (non-hydrogen) atoms. The molecule has 1 aliphatic carbocycles. The van der Waals surface area contributed by atoms with Gasteiger partial charge in [-0.05, 0) is 24.7 Å². The van der Waals surface area contributed by atoms with Gasteiger partial charge in [0.2, 0.25) is 0 Å². The van der Waals surface area contributed by atoms with E-state index in [9.17, 15) is 0 Å². The number of nitrogen functional groups attached to an aromatic ring is 1. The van der Waals surface area contributed by atoms with Crippen LogP contribution in [0, 0.1) is 5.41 Å². The number of nitrogens with two attached hydrogens (primary N) is 1. The Kier molecular flexibility index (Phi) is 4.27. The molecule has 1 saturated carbocycles. The summed E-state index contributed by atoms with van der Waals surface area (Å²) in [5.74, 6) is 2.30. The number of nitrogens with one attached hydrogen (secondary N) is 1. The van der Waals surface area contributed by atoms with Gasteiger partial charge >= 0.3 is 0 Å². The van der Waals surface area contributed by atoms with Crippen molar-refractivity contribution < 1.29 is 0 Å². The lowest BCUT2D eigenvalue weighted by molar-refractivity contribution is 0.216. The van der Waals surface area contributed by atoms with Crippen molar-refractivity contribution in [3.05, 3.63) is 11.9 Å². The van der Waals surface area contributed by atoms with E-state index in [0.717, 1.165) is 24.5 Å². The highest BCUT2D eigenvalue weighted by atomic mass is 15.1. The lowest BCUT2D eigenvalue weighted by Crippen LogP contribution is -2.39. The number of hydrogen-bond donors (Lipinski definition) is 2. The van der Waals surface area contributed by atoms with Gasteiger partial charge in [0.1, 0.15) is 17.5 Å². The molecular weight excluding hydrogens is 236 g/mol. The second-order valence-electron chi connectivity index (χ2n) is 6.28. The Morgan fingerprint density at radius 1 is 1.37 bits per heavy atom. The highest BCUT2D eigenvalue weighted by molar-refractivity contribution is 5.45. The number of aryl methyl sites for hydroxylation is 1. The summed E-state index contributed by atoms with van der Waals surface area (Å²) < 4.78 is 0. The van der Waals surface area contributed by atoms with Crippen molar-refractivity contribution in [1.82, 2.24) is 9.97 Å². The zero-order valence-corrected chi connectivity index (χ0v) is 12.4. The maximum atomic E-state index is 5.87. The van der Waals surface area contributed by atoms with Gasteiger partial charge in [-0.25, -0.2) is 9.97 Å². The van der Waals surface area contributed by atoms with Crippen LogP contribution in [0.15, 0.2) is 6.07 Å². The van der Waals surface area contributed by atoms with Gasteiger partial charge in [-0.2, -0.15) is 0 Å². The summed E-state index contributed by atoms with van der Waals surface area (Å²) in [4.78, 5) is 8.86. The summed E-state index contributed by atoms with van der Waals surface area (Å²) in [5.41, 5.74) is 6.19. The summed E-state index contributed by atoms with van der Waals surface area (Å²) in [6, 6.07) is 2.33. The highest BCUT2D eigenvalue weighted by Gasteiger charge is 2.32. The predicted molar refractivity (Wildman–Crippen MR) is 80.1 cm³/mol. The lowest BCUT2D eigenvalue weighted by atomic mass is 9.73. The maximum Gasteiger partial charge on any atom is 0.133 e. The molecule has 4 heteroatoms. The molecule has 1 aliphatic rings. The largest absolute Gasteiger partial charge is 0.384 e. The number of aromatic nitrogens is 2. The van der Waals surface area contributed by atoms with Crippen molar-refractivity contribution in [3.63, 3.8) is 0 Å². The minimum absolute atomic E-state index is 0.322. The van der Waals surface area contributed by atoms with Crippen molar-refractivity contribution in [1.29, 1.82) is 0 Å². The van der Waals surface area contributed by atoms with Crippen LogP contribution in [0.25, 0.3) is 0 Å². The Morgan fingerprint density at radius 3 is 2.84 bits per heavy atom. The fraction of sp³-hybridized carbons (Fsp3) is 0.733. The van der Waals surface area contributed by atoms with Gasteiger partial charge in [0, 0.05) is 18.5 Å². The van der Waals surface area contributed by atoms with Crippen molar-refractivity contribution in [2.45, 2.75) is 65.3 Å². The van der Waals surface area contributed by atoms with Crippen LogP contribution in [-0.2, 0) is 6.42 Å². The average molecular weight is 262 g/mol. The molecular formula is C15H26N4. The van der Waals surface area contributed by atoms with Crippen molar-refractivity contribution in [2.24, 2.45) is 5.41 Å². The lowest BCUT2D eigenvalue weighted by Gasteiger charge is -2.39. The Labute approximate surface area is 116 Å². The maximum absolute atomic E-state index is 5.87. The van der Waals surface area contributed by atoms with Crippen LogP contribution in [-0.4, -0.2) is 16.0 Å². The number of rotatable bonds is 4.